The summed E-state index contributed by atoms with van der Waals surface area (Å²) in [5.41, 5.74) is 2.76. The van der Waals surface area contributed by atoms with Crippen LogP contribution >= 0.6 is 11.6 Å². The van der Waals surface area contributed by atoms with Crippen molar-refractivity contribution in [1.82, 2.24) is 9.97 Å². The summed E-state index contributed by atoms with van der Waals surface area (Å²) in [6.07, 6.45) is 5.20. The van der Waals surface area contributed by atoms with Crippen LogP contribution in [0.15, 0.2) is 60.9 Å². The molecule has 4 rings (SSSR count). The van der Waals surface area contributed by atoms with Gasteiger partial charge in [0, 0.05) is 42.7 Å². The second-order valence-corrected chi connectivity index (χ2v) is 7.64. The number of hydrogen-bond acceptors (Lipinski definition) is 5. The molecule has 0 bridgehead atoms. The average molecular weight is 423 g/mol. The maximum atomic E-state index is 12.6. The first-order chi connectivity index (χ1) is 14.6. The van der Waals surface area contributed by atoms with Crippen LogP contribution in [-0.4, -0.2) is 36.1 Å². The quantitative estimate of drug-likeness (QED) is 0.647. The highest BCUT2D eigenvalue weighted by Gasteiger charge is 2.26. The van der Waals surface area contributed by atoms with E-state index < -0.39 is 0 Å². The molecule has 0 aliphatic carbocycles. The van der Waals surface area contributed by atoms with E-state index >= 15 is 0 Å². The maximum Gasteiger partial charge on any atom is 0.227 e. The lowest BCUT2D eigenvalue weighted by atomic mass is 9.96. The summed E-state index contributed by atoms with van der Waals surface area (Å²) in [5.74, 6) is 1.25. The number of amides is 1. The third-order valence-electron chi connectivity index (χ3n) is 5.31. The minimum atomic E-state index is -0.0503. The lowest BCUT2D eigenvalue weighted by Crippen LogP contribution is -2.39. The van der Waals surface area contributed by atoms with Gasteiger partial charge in [0.2, 0.25) is 11.9 Å². The highest BCUT2D eigenvalue weighted by molar-refractivity contribution is 6.32. The van der Waals surface area contributed by atoms with E-state index in [9.17, 15) is 4.79 Å². The molecular formula is C23H23ClN4O2. The molecule has 0 atom stereocenters. The highest BCUT2D eigenvalue weighted by Crippen LogP contribution is 2.28. The van der Waals surface area contributed by atoms with Gasteiger partial charge in [-0.15, -0.1) is 0 Å². The predicted molar refractivity (Wildman–Crippen MR) is 119 cm³/mol. The second kappa shape index (κ2) is 9.13. The number of anilines is 2. The number of aromatic nitrogens is 2. The predicted octanol–water partition coefficient (Wildman–Crippen LogP) is 4.66. The maximum absolute atomic E-state index is 12.6. The minimum Gasteiger partial charge on any atom is -0.495 e. The number of rotatable bonds is 5. The first kappa shape index (κ1) is 20.2. The summed E-state index contributed by atoms with van der Waals surface area (Å²) in [5, 5.41) is 3.43. The fourth-order valence-electron chi connectivity index (χ4n) is 3.59. The van der Waals surface area contributed by atoms with E-state index in [1.165, 1.54) is 0 Å². The molecule has 1 aromatic heterocycles. The first-order valence-electron chi connectivity index (χ1n) is 9.91. The van der Waals surface area contributed by atoms with Crippen molar-refractivity contribution in [2.24, 2.45) is 5.92 Å². The molecule has 1 aliphatic rings. The van der Waals surface area contributed by atoms with Crippen molar-refractivity contribution in [3.05, 3.63) is 65.9 Å². The van der Waals surface area contributed by atoms with Gasteiger partial charge in [-0.25, -0.2) is 9.97 Å². The molecule has 0 saturated carbocycles. The molecule has 30 heavy (non-hydrogen) atoms. The van der Waals surface area contributed by atoms with Crippen LogP contribution in [-0.2, 0) is 4.79 Å². The smallest absolute Gasteiger partial charge is 0.227 e. The molecule has 0 radical (unpaired) electrons. The zero-order valence-electron chi connectivity index (χ0n) is 16.7. The number of hydrogen-bond donors (Lipinski definition) is 1. The third-order valence-corrected chi connectivity index (χ3v) is 5.61. The molecule has 2 aromatic carbocycles. The topological polar surface area (TPSA) is 67.3 Å². The number of nitrogens with zero attached hydrogens (tertiary/aromatic N) is 3. The molecule has 1 N–H and O–H groups in total. The van der Waals surface area contributed by atoms with Crippen molar-refractivity contribution < 1.29 is 9.53 Å². The van der Waals surface area contributed by atoms with Crippen LogP contribution in [0.2, 0.25) is 5.02 Å². The summed E-state index contributed by atoms with van der Waals surface area (Å²) in [7, 11) is 1.56. The van der Waals surface area contributed by atoms with Gasteiger partial charge in [-0.2, -0.15) is 0 Å². The van der Waals surface area contributed by atoms with Crippen LogP contribution in [0.4, 0.5) is 11.6 Å². The number of nitrogens with one attached hydrogen (secondary N) is 1. The van der Waals surface area contributed by atoms with E-state index in [0.717, 1.165) is 37.1 Å². The zero-order chi connectivity index (χ0) is 20.9. The Balaban J connectivity index is 1.33. The summed E-state index contributed by atoms with van der Waals surface area (Å²) >= 11 is 6.14. The summed E-state index contributed by atoms with van der Waals surface area (Å²) < 4.78 is 5.15. The monoisotopic (exact) mass is 422 g/mol. The standard InChI is InChI=1S/C23H23ClN4O2/c1-30-21-8-7-19(13-20(21)24)27-22(29)17-9-11-28(12-10-17)23-25-14-18(15-26-23)16-5-3-2-4-6-16/h2-8,13-15,17H,9-12H2,1H3,(H,27,29). The Morgan fingerprint density at radius 3 is 2.40 bits per heavy atom. The fraction of sp³-hybridized carbons (Fsp3) is 0.261. The van der Waals surface area contributed by atoms with Gasteiger partial charge in [-0.1, -0.05) is 41.9 Å². The SMILES string of the molecule is COc1ccc(NC(=O)C2CCN(c3ncc(-c4ccccc4)cn3)CC2)cc1Cl. The van der Waals surface area contributed by atoms with E-state index in [0.29, 0.717) is 22.4 Å². The van der Waals surface area contributed by atoms with Crippen molar-refractivity contribution in [2.45, 2.75) is 12.8 Å². The Morgan fingerprint density at radius 1 is 1.07 bits per heavy atom. The van der Waals surface area contributed by atoms with Crippen LogP contribution in [0.1, 0.15) is 12.8 Å². The van der Waals surface area contributed by atoms with Crippen LogP contribution in [0.25, 0.3) is 11.1 Å². The summed E-state index contributed by atoms with van der Waals surface area (Å²) in [6, 6.07) is 15.3. The van der Waals surface area contributed by atoms with Gasteiger partial charge >= 0.3 is 0 Å². The molecule has 1 fully saturated rings. The van der Waals surface area contributed by atoms with Gasteiger partial charge in [0.25, 0.3) is 0 Å². The molecule has 154 valence electrons. The number of carbonyl (C=O) groups is 1. The van der Waals surface area contributed by atoms with Gasteiger partial charge in [-0.3, -0.25) is 4.79 Å². The average Bonchev–Trinajstić information content (AvgIpc) is 2.80. The molecule has 2 heterocycles. The third kappa shape index (κ3) is 4.54. The van der Waals surface area contributed by atoms with Crippen LogP contribution in [0.5, 0.6) is 5.75 Å². The van der Waals surface area contributed by atoms with Crippen LogP contribution < -0.4 is 15.0 Å². The van der Waals surface area contributed by atoms with Crippen molar-refractivity contribution in [3.8, 4) is 16.9 Å². The Hall–Kier alpha value is -3.12. The van der Waals surface area contributed by atoms with Crippen LogP contribution in [0, 0.1) is 5.92 Å². The Bertz CT molecular complexity index is 1000. The Labute approximate surface area is 180 Å². The van der Waals surface area contributed by atoms with Gasteiger partial charge in [0.15, 0.2) is 0 Å². The highest BCUT2D eigenvalue weighted by atomic mass is 35.5. The molecule has 1 saturated heterocycles. The normalized spacial score (nSPS) is 14.4. The Morgan fingerprint density at radius 2 is 1.77 bits per heavy atom. The van der Waals surface area contributed by atoms with Crippen molar-refractivity contribution in [1.29, 1.82) is 0 Å². The molecule has 1 aliphatic heterocycles. The van der Waals surface area contributed by atoms with Gasteiger partial charge < -0.3 is 15.0 Å². The van der Waals surface area contributed by atoms with E-state index in [-0.39, 0.29) is 11.8 Å². The molecular weight excluding hydrogens is 400 g/mol. The largest absolute Gasteiger partial charge is 0.495 e. The zero-order valence-corrected chi connectivity index (χ0v) is 17.5. The van der Waals surface area contributed by atoms with Gasteiger partial charge in [-0.05, 0) is 36.6 Å². The lowest BCUT2D eigenvalue weighted by Gasteiger charge is -2.31. The van der Waals surface area contributed by atoms with Gasteiger partial charge in [0.1, 0.15) is 5.75 Å². The molecule has 0 spiro atoms. The molecule has 1 amide bonds. The summed E-state index contributed by atoms with van der Waals surface area (Å²) in [4.78, 5) is 23.8. The molecule has 3 aromatic rings. The minimum absolute atomic E-state index is 0.0104. The van der Waals surface area contributed by atoms with E-state index in [1.54, 1.807) is 25.3 Å². The Kier molecular flexibility index (Phi) is 6.14. The van der Waals surface area contributed by atoms with Crippen LogP contribution in [0.3, 0.4) is 0 Å². The number of carbonyl (C=O) groups excluding carboxylic acids is 1. The van der Waals surface area contributed by atoms with Crippen molar-refractivity contribution in [3.63, 3.8) is 0 Å². The number of halogens is 1. The first-order valence-corrected chi connectivity index (χ1v) is 10.3. The molecule has 0 unspecified atom stereocenters. The number of methoxy groups -OCH3 is 1. The lowest BCUT2D eigenvalue weighted by molar-refractivity contribution is -0.120. The molecule has 7 heteroatoms. The van der Waals surface area contributed by atoms with Gasteiger partial charge in [0.05, 0.1) is 12.1 Å². The summed E-state index contributed by atoms with van der Waals surface area (Å²) in [6.45, 7) is 1.48. The molecule has 6 nitrogen and oxygen atoms in total. The van der Waals surface area contributed by atoms with Crippen molar-refractivity contribution >= 4 is 29.1 Å². The number of piperidine rings is 1. The van der Waals surface area contributed by atoms with Crippen molar-refractivity contribution in [2.75, 3.05) is 30.4 Å². The number of benzene rings is 2. The second-order valence-electron chi connectivity index (χ2n) is 7.24. The van der Waals surface area contributed by atoms with E-state index in [2.05, 4.69) is 20.2 Å². The van der Waals surface area contributed by atoms with E-state index in [1.807, 2.05) is 42.7 Å². The number of ether oxygens (including phenoxy) is 1. The van der Waals surface area contributed by atoms with E-state index in [4.69, 9.17) is 16.3 Å². The fourth-order valence-corrected chi connectivity index (χ4v) is 3.85.